The van der Waals surface area contributed by atoms with E-state index in [9.17, 15) is 13.2 Å². The third-order valence-corrected chi connectivity index (χ3v) is 4.27. The van der Waals surface area contributed by atoms with Crippen molar-refractivity contribution in [1.29, 1.82) is 5.26 Å². The van der Waals surface area contributed by atoms with Gasteiger partial charge in [0.2, 0.25) is 0 Å². The van der Waals surface area contributed by atoms with Gasteiger partial charge < -0.3 is 5.32 Å². The summed E-state index contributed by atoms with van der Waals surface area (Å²) in [4.78, 5) is 0. The lowest BCUT2D eigenvalue weighted by atomic mass is 9.80. The van der Waals surface area contributed by atoms with E-state index in [4.69, 9.17) is 5.26 Å². The van der Waals surface area contributed by atoms with Gasteiger partial charge in [0, 0.05) is 6.04 Å². The number of alkyl halides is 3. The van der Waals surface area contributed by atoms with Gasteiger partial charge in [-0.2, -0.15) is 18.4 Å². The van der Waals surface area contributed by atoms with Gasteiger partial charge in [0.1, 0.15) is 6.07 Å². The van der Waals surface area contributed by atoms with Crippen LogP contribution in [0.1, 0.15) is 44.2 Å². The fraction of sp³-hybridized carbons (Fsp3) is 0.562. The molecule has 2 rings (SSSR count). The Bertz CT molecular complexity index is 545. The van der Waals surface area contributed by atoms with Crippen LogP contribution in [-0.2, 0) is 6.18 Å². The van der Waals surface area contributed by atoms with Crippen LogP contribution in [0.5, 0.6) is 0 Å². The van der Waals surface area contributed by atoms with E-state index >= 15 is 0 Å². The topological polar surface area (TPSA) is 35.8 Å². The average Bonchev–Trinajstić information content (AvgIpc) is 2.42. The van der Waals surface area contributed by atoms with Gasteiger partial charge in [-0.25, -0.2) is 0 Å². The first kappa shape index (κ1) is 15.7. The minimum absolute atomic E-state index is 0.0512. The van der Waals surface area contributed by atoms with Crippen molar-refractivity contribution in [2.45, 2.75) is 45.3 Å². The normalized spacial score (nSPS) is 26.2. The molecule has 3 atom stereocenters. The number of rotatable bonds is 2. The smallest absolute Gasteiger partial charge is 0.381 e. The van der Waals surface area contributed by atoms with Gasteiger partial charge in [0.25, 0.3) is 0 Å². The molecule has 1 aliphatic rings. The zero-order valence-corrected chi connectivity index (χ0v) is 12.2. The zero-order valence-electron chi connectivity index (χ0n) is 12.2. The summed E-state index contributed by atoms with van der Waals surface area (Å²) in [5.41, 5.74) is -0.235. The maximum absolute atomic E-state index is 12.7. The van der Waals surface area contributed by atoms with Crippen molar-refractivity contribution in [2.75, 3.05) is 5.32 Å². The van der Waals surface area contributed by atoms with Crippen molar-refractivity contribution in [3.05, 3.63) is 29.3 Å². The van der Waals surface area contributed by atoms with Crippen LogP contribution in [0, 0.1) is 23.2 Å². The van der Waals surface area contributed by atoms with Crippen LogP contribution in [0.2, 0.25) is 0 Å². The van der Waals surface area contributed by atoms with Gasteiger partial charge in [-0.3, -0.25) is 0 Å². The number of nitrogens with zero attached hydrogens (tertiary/aromatic N) is 1. The lowest BCUT2D eigenvalue weighted by molar-refractivity contribution is -0.137. The Morgan fingerprint density at radius 1 is 1.24 bits per heavy atom. The molecule has 5 heteroatoms. The minimum Gasteiger partial charge on any atom is -0.381 e. The van der Waals surface area contributed by atoms with Crippen LogP contribution in [0.4, 0.5) is 18.9 Å². The molecule has 1 aromatic rings. The van der Waals surface area contributed by atoms with E-state index < -0.39 is 11.7 Å². The third kappa shape index (κ3) is 3.69. The van der Waals surface area contributed by atoms with Gasteiger partial charge in [-0.15, -0.1) is 0 Å². The summed E-state index contributed by atoms with van der Waals surface area (Å²) >= 11 is 0. The van der Waals surface area contributed by atoms with Gasteiger partial charge in [-0.1, -0.05) is 20.3 Å². The largest absolute Gasteiger partial charge is 0.416 e. The van der Waals surface area contributed by atoms with Gasteiger partial charge in [-0.05, 0) is 42.9 Å². The van der Waals surface area contributed by atoms with Crippen LogP contribution in [0.25, 0.3) is 0 Å². The number of halogens is 3. The fourth-order valence-electron chi connectivity index (χ4n) is 2.87. The van der Waals surface area contributed by atoms with E-state index in [1.165, 1.54) is 12.5 Å². The van der Waals surface area contributed by atoms with E-state index in [1.807, 2.05) is 6.07 Å². The molecule has 3 unspecified atom stereocenters. The second kappa shape index (κ2) is 5.97. The van der Waals surface area contributed by atoms with E-state index in [-0.39, 0.29) is 11.6 Å². The summed E-state index contributed by atoms with van der Waals surface area (Å²) in [5.74, 6) is 1.05. The van der Waals surface area contributed by atoms with E-state index in [2.05, 4.69) is 19.2 Å². The Morgan fingerprint density at radius 3 is 2.57 bits per heavy atom. The van der Waals surface area contributed by atoms with Crippen LogP contribution >= 0.6 is 0 Å². The second-order valence-electron chi connectivity index (χ2n) is 6.02. The first-order valence-electron chi connectivity index (χ1n) is 7.19. The van der Waals surface area contributed by atoms with Crippen molar-refractivity contribution in [1.82, 2.24) is 0 Å². The molecular weight excluding hydrogens is 277 g/mol. The quantitative estimate of drug-likeness (QED) is 0.849. The molecule has 21 heavy (non-hydrogen) atoms. The van der Waals surface area contributed by atoms with Crippen LogP contribution in [0.15, 0.2) is 18.2 Å². The van der Waals surface area contributed by atoms with Crippen molar-refractivity contribution in [2.24, 2.45) is 11.8 Å². The number of hydrogen-bond acceptors (Lipinski definition) is 2. The SMILES string of the molecule is CC1CCC(C)C(Nc2ccc(C(F)(F)F)cc2C#N)C1. The Kier molecular flexibility index (Phi) is 4.46. The molecule has 0 spiro atoms. The summed E-state index contributed by atoms with van der Waals surface area (Å²) in [6.07, 6.45) is -1.16. The molecule has 0 radical (unpaired) electrons. The van der Waals surface area contributed by atoms with Crippen molar-refractivity contribution >= 4 is 5.69 Å². The summed E-state index contributed by atoms with van der Waals surface area (Å²) in [5, 5.41) is 12.4. The molecule has 114 valence electrons. The first-order chi connectivity index (χ1) is 9.81. The van der Waals surface area contributed by atoms with Crippen molar-refractivity contribution in [3.63, 3.8) is 0 Å². The predicted molar refractivity (Wildman–Crippen MR) is 75.7 cm³/mol. The molecule has 0 amide bonds. The second-order valence-corrected chi connectivity index (χ2v) is 6.02. The molecule has 1 aliphatic carbocycles. The molecule has 0 saturated heterocycles. The minimum atomic E-state index is -4.42. The monoisotopic (exact) mass is 296 g/mol. The Morgan fingerprint density at radius 2 is 1.95 bits per heavy atom. The zero-order chi connectivity index (χ0) is 15.6. The van der Waals surface area contributed by atoms with Crippen LogP contribution in [-0.4, -0.2) is 6.04 Å². The van der Waals surface area contributed by atoms with Crippen molar-refractivity contribution < 1.29 is 13.2 Å². The molecule has 0 aliphatic heterocycles. The molecule has 1 aromatic carbocycles. The number of nitrogens with one attached hydrogen (secondary N) is 1. The molecular formula is C16H19F3N2. The molecule has 1 N–H and O–H groups in total. The van der Waals surface area contributed by atoms with Gasteiger partial charge in [0.05, 0.1) is 16.8 Å². The molecule has 1 fully saturated rings. The standard InChI is InChI=1S/C16H19F3N2/c1-10-3-4-11(2)15(7-10)21-14-6-5-13(16(17,18)19)8-12(14)9-20/h5-6,8,10-11,15,21H,3-4,7H2,1-2H3. The molecule has 0 bridgehead atoms. The highest BCUT2D eigenvalue weighted by atomic mass is 19.4. The molecule has 1 saturated carbocycles. The van der Waals surface area contributed by atoms with Crippen LogP contribution in [0.3, 0.4) is 0 Å². The molecule has 0 heterocycles. The predicted octanol–water partition coefficient (Wildman–Crippen LogP) is 4.81. The van der Waals surface area contributed by atoms with Gasteiger partial charge >= 0.3 is 6.18 Å². The molecule has 0 aromatic heterocycles. The molecule has 2 nitrogen and oxygen atoms in total. The maximum Gasteiger partial charge on any atom is 0.416 e. The lowest BCUT2D eigenvalue weighted by Crippen LogP contribution is -2.33. The summed E-state index contributed by atoms with van der Waals surface area (Å²) < 4.78 is 38.0. The average molecular weight is 296 g/mol. The first-order valence-corrected chi connectivity index (χ1v) is 7.19. The number of nitriles is 1. The highest BCUT2D eigenvalue weighted by Crippen LogP contribution is 2.34. The van der Waals surface area contributed by atoms with E-state index in [0.29, 0.717) is 17.5 Å². The maximum atomic E-state index is 12.7. The van der Waals surface area contributed by atoms with E-state index in [1.54, 1.807) is 0 Å². The summed E-state index contributed by atoms with van der Waals surface area (Å²) in [6, 6.07) is 5.38. The Labute approximate surface area is 123 Å². The number of anilines is 1. The number of benzene rings is 1. The highest BCUT2D eigenvalue weighted by Gasteiger charge is 2.31. The Hall–Kier alpha value is -1.70. The van der Waals surface area contributed by atoms with Gasteiger partial charge in [0.15, 0.2) is 0 Å². The highest BCUT2D eigenvalue weighted by molar-refractivity contribution is 5.59. The lowest BCUT2D eigenvalue weighted by Gasteiger charge is -2.34. The number of hydrogen-bond donors (Lipinski definition) is 1. The summed E-state index contributed by atoms with van der Waals surface area (Å²) in [7, 11) is 0. The fourth-order valence-corrected chi connectivity index (χ4v) is 2.87. The third-order valence-electron chi connectivity index (χ3n) is 4.27. The van der Waals surface area contributed by atoms with E-state index in [0.717, 1.165) is 25.0 Å². The Balaban J connectivity index is 2.22. The van der Waals surface area contributed by atoms with Crippen molar-refractivity contribution in [3.8, 4) is 6.07 Å². The van der Waals surface area contributed by atoms with Crippen LogP contribution < -0.4 is 5.32 Å². The summed E-state index contributed by atoms with van der Waals surface area (Å²) in [6.45, 7) is 4.32.